The van der Waals surface area contributed by atoms with Crippen molar-refractivity contribution in [2.24, 2.45) is 0 Å². The average molecular weight is 383 g/mol. The second kappa shape index (κ2) is 9.40. The van der Waals surface area contributed by atoms with Gasteiger partial charge in [-0.25, -0.2) is 9.42 Å². The fraction of sp³-hybridized carbons (Fsp3) is 0.182. The first-order chi connectivity index (χ1) is 12.7. The lowest BCUT2D eigenvalue weighted by molar-refractivity contribution is 0.319. The second-order valence-electron chi connectivity index (χ2n) is 6.00. The summed E-state index contributed by atoms with van der Waals surface area (Å²) in [5.41, 5.74) is 0. The fourth-order valence-corrected chi connectivity index (χ4v) is 8.37. The molecule has 0 heterocycles. The molecule has 0 aliphatic rings. The Morgan fingerprint density at radius 1 is 0.769 bits per heavy atom. The van der Waals surface area contributed by atoms with E-state index in [1.54, 1.807) is 0 Å². The van der Waals surface area contributed by atoms with Gasteiger partial charge in [0.1, 0.15) is 6.16 Å². The van der Waals surface area contributed by atoms with Crippen molar-refractivity contribution in [3.8, 4) is 0 Å². The maximum Gasteiger partial charge on any atom is 0.303 e. The summed E-state index contributed by atoms with van der Waals surface area (Å²) < 4.78 is 5.91. The molecule has 1 atom stereocenters. The third-order valence-electron chi connectivity index (χ3n) is 4.26. The summed E-state index contributed by atoms with van der Waals surface area (Å²) in [4.78, 5) is 11.3. The Balaban J connectivity index is 1.87. The molecular weight excluding hydrogens is 358 g/mol. The Labute approximate surface area is 158 Å². The third kappa shape index (κ3) is 4.78. The minimum Gasteiger partial charge on any atom is -0.214 e. The molecule has 0 radical (unpaired) electrons. The molecule has 0 aliphatic heterocycles. The van der Waals surface area contributed by atoms with Gasteiger partial charge in [0.2, 0.25) is 0 Å². The largest absolute Gasteiger partial charge is 0.303 e. The lowest BCUT2D eigenvalue weighted by Gasteiger charge is -2.23. The van der Waals surface area contributed by atoms with Gasteiger partial charge < -0.3 is 0 Å². The van der Waals surface area contributed by atoms with Crippen LogP contribution in [0, 0.1) is 0 Å². The molecule has 2 nitrogen and oxygen atoms in total. The van der Waals surface area contributed by atoms with Crippen LogP contribution in [0.4, 0.5) is 0 Å². The van der Waals surface area contributed by atoms with E-state index in [-0.39, 0.29) is 0 Å². The van der Waals surface area contributed by atoms with E-state index in [0.29, 0.717) is 12.8 Å². The van der Waals surface area contributed by atoms with E-state index in [2.05, 4.69) is 60.7 Å². The molecule has 0 saturated heterocycles. The van der Waals surface area contributed by atoms with Crippen molar-refractivity contribution in [1.29, 1.82) is 0 Å². The van der Waals surface area contributed by atoms with Crippen LogP contribution in [0.5, 0.6) is 0 Å². The first kappa shape index (κ1) is 19.2. The standard InChI is InChI=1S/C22H25O2P2/c1-2-24-26(23,22-16-10-5-11-17-22)19-18-25(20-12-6-3-7-13-20)21-14-8-4-9-15-21/h3-17,23H,2,18-19H2,1H3/q+1. The lowest BCUT2D eigenvalue weighted by Crippen LogP contribution is -2.21. The Bertz CT molecular complexity index is 742. The van der Waals surface area contributed by atoms with Crippen molar-refractivity contribution in [2.45, 2.75) is 6.92 Å². The van der Waals surface area contributed by atoms with Crippen LogP contribution >= 0.6 is 15.6 Å². The molecule has 26 heavy (non-hydrogen) atoms. The SMILES string of the molecule is CCO[P+](O)(CCP(c1ccccc1)c1ccccc1)c1ccccc1. The average Bonchev–Trinajstić information content (AvgIpc) is 2.71. The van der Waals surface area contributed by atoms with E-state index < -0.39 is 15.6 Å². The van der Waals surface area contributed by atoms with E-state index in [4.69, 9.17) is 4.52 Å². The minimum atomic E-state index is -2.60. The van der Waals surface area contributed by atoms with E-state index in [0.717, 1.165) is 11.5 Å². The molecule has 3 aromatic carbocycles. The van der Waals surface area contributed by atoms with Gasteiger partial charge in [0.15, 0.2) is 5.30 Å². The van der Waals surface area contributed by atoms with Gasteiger partial charge >= 0.3 is 7.72 Å². The summed E-state index contributed by atoms with van der Waals surface area (Å²) in [6, 6.07) is 31.1. The van der Waals surface area contributed by atoms with Crippen molar-refractivity contribution in [3.63, 3.8) is 0 Å². The van der Waals surface area contributed by atoms with Crippen LogP contribution in [0.2, 0.25) is 0 Å². The van der Waals surface area contributed by atoms with Crippen molar-refractivity contribution in [1.82, 2.24) is 0 Å². The molecule has 4 heteroatoms. The monoisotopic (exact) mass is 383 g/mol. The van der Waals surface area contributed by atoms with Crippen LogP contribution in [0.15, 0.2) is 91.0 Å². The third-order valence-corrected chi connectivity index (χ3v) is 9.75. The van der Waals surface area contributed by atoms with Gasteiger partial charge in [0.05, 0.1) is 6.61 Å². The normalized spacial score (nSPS) is 13.5. The molecule has 0 aromatic heterocycles. The van der Waals surface area contributed by atoms with Gasteiger partial charge in [-0.2, -0.15) is 0 Å². The number of rotatable bonds is 8. The smallest absolute Gasteiger partial charge is 0.214 e. The van der Waals surface area contributed by atoms with Crippen molar-refractivity contribution >= 4 is 31.6 Å². The first-order valence-electron chi connectivity index (χ1n) is 8.91. The number of hydrogen-bond acceptors (Lipinski definition) is 2. The van der Waals surface area contributed by atoms with Gasteiger partial charge in [0, 0.05) is 6.16 Å². The van der Waals surface area contributed by atoms with Crippen molar-refractivity contribution < 1.29 is 9.42 Å². The van der Waals surface area contributed by atoms with E-state index >= 15 is 0 Å². The van der Waals surface area contributed by atoms with Crippen LogP contribution in [0.1, 0.15) is 6.92 Å². The molecule has 1 N–H and O–H groups in total. The van der Waals surface area contributed by atoms with Crippen LogP contribution in [-0.2, 0) is 4.52 Å². The summed E-state index contributed by atoms with van der Waals surface area (Å²) in [6.45, 7) is 2.47. The molecule has 0 fully saturated rings. The van der Waals surface area contributed by atoms with Gasteiger partial charge in [0.25, 0.3) is 0 Å². The molecule has 134 valence electrons. The van der Waals surface area contributed by atoms with Gasteiger partial charge in [-0.05, 0) is 37.6 Å². The highest BCUT2D eigenvalue weighted by atomic mass is 31.2. The Kier molecular flexibility index (Phi) is 6.94. The highest BCUT2D eigenvalue weighted by Gasteiger charge is 2.41. The molecule has 0 aliphatic carbocycles. The zero-order valence-electron chi connectivity index (χ0n) is 15.0. The first-order valence-corrected chi connectivity index (χ1v) is 12.3. The highest BCUT2D eigenvalue weighted by Crippen LogP contribution is 2.56. The summed E-state index contributed by atoms with van der Waals surface area (Å²) in [5, 5.41) is 3.60. The highest BCUT2D eigenvalue weighted by molar-refractivity contribution is 7.76. The predicted octanol–water partition coefficient (Wildman–Crippen LogP) is 4.32. The fourth-order valence-electron chi connectivity index (χ4n) is 3.00. The number of benzene rings is 3. The quantitative estimate of drug-likeness (QED) is 0.587. The maximum absolute atomic E-state index is 11.3. The van der Waals surface area contributed by atoms with Crippen LogP contribution in [0.25, 0.3) is 0 Å². The van der Waals surface area contributed by atoms with Gasteiger partial charge in [-0.15, -0.1) is 0 Å². The zero-order chi connectivity index (χ0) is 18.2. The van der Waals surface area contributed by atoms with Crippen LogP contribution < -0.4 is 15.9 Å². The Morgan fingerprint density at radius 2 is 1.23 bits per heavy atom. The molecule has 0 bridgehead atoms. The van der Waals surface area contributed by atoms with Crippen molar-refractivity contribution in [2.75, 3.05) is 18.9 Å². The summed E-state index contributed by atoms with van der Waals surface area (Å²) in [6.07, 6.45) is 1.57. The molecule has 3 rings (SSSR count). The molecule has 0 saturated carbocycles. The summed E-state index contributed by atoms with van der Waals surface area (Å²) >= 11 is 0. The predicted molar refractivity (Wildman–Crippen MR) is 116 cm³/mol. The lowest BCUT2D eigenvalue weighted by atomic mass is 10.4. The molecule has 0 spiro atoms. The topological polar surface area (TPSA) is 29.5 Å². The van der Waals surface area contributed by atoms with Gasteiger partial charge in [-0.3, -0.25) is 0 Å². The molecule has 3 aromatic rings. The van der Waals surface area contributed by atoms with E-state index in [1.165, 1.54) is 10.6 Å². The van der Waals surface area contributed by atoms with E-state index in [9.17, 15) is 4.89 Å². The Morgan fingerprint density at radius 3 is 1.69 bits per heavy atom. The van der Waals surface area contributed by atoms with Crippen LogP contribution in [0.3, 0.4) is 0 Å². The summed E-state index contributed by atoms with van der Waals surface area (Å²) in [5.74, 6) is 0. The Hall–Kier alpha value is -1.56. The molecule has 1 unspecified atom stereocenters. The second-order valence-corrected chi connectivity index (χ2v) is 11.0. The van der Waals surface area contributed by atoms with E-state index in [1.807, 2.05) is 37.3 Å². The van der Waals surface area contributed by atoms with Crippen LogP contribution in [-0.4, -0.2) is 23.8 Å². The minimum absolute atomic E-state index is 0.522. The molecule has 0 amide bonds. The zero-order valence-corrected chi connectivity index (χ0v) is 16.8. The van der Waals surface area contributed by atoms with Crippen molar-refractivity contribution in [3.05, 3.63) is 91.0 Å². The molecular formula is C22H25O2P2+. The number of hydrogen-bond donors (Lipinski definition) is 1. The summed E-state index contributed by atoms with van der Waals surface area (Å²) in [7, 11) is -3.13. The maximum atomic E-state index is 11.3. The van der Waals surface area contributed by atoms with Gasteiger partial charge in [-0.1, -0.05) is 78.9 Å².